The van der Waals surface area contributed by atoms with Gasteiger partial charge in [0, 0.05) is 62.4 Å². The van der Waals surface area contributed by atoms with Gasteiger partial charge < -0.3 is 29.6 Å². The van der Waals surface area contributed by atoms with E-state index >= 15 is 4.39 Å². The van der Waals surface area contributed by atoms with Crippen molar-refractivity contribution >= 4 is 17.5 Å². The summed E-state index contributed by atoms with van der Waals surface area (Å²) in [6.45, 7) is 4.59. The molecule has 5 rings (SSSR count). The maximum Gasteiger partial charge on any atom is 0.416 e. The van der Waals surface area contributed by atoms with Crippen molar-refractivity contribution in [1.29, 1.82) is 0 Å². The fourth-order valence-corrected chi connectivity index (χ4v) is 5.72. The number of amides is 2. The van der Waals surface area contributed by atoms with Crippen LogP contribution in [0.3, 0.4) is 0 Å². The molecule has 1 saturated heterocycles. The van der Waals surface area contributed by atoms with Crippen LogP contribution in [-0.4, -0.2) is 74.8 Å². The lowest BCUT2D eigenvalue weighted by Gasteiger charge is -2.17. The molecule has 0 saturated carbocycles. The number of halogens is 4. The van der Waals surface area contributed by atoms with E-state index < -0.39 is 35.8 Å². The Kier molecular flexibility index (Phi) is 12.7. The summed E-state index contributed by atoms with van der Waals surface area (Å²) >= 11 is 0. The van der Waals surface area contributed by atoms with Gasteiger partial charge in [-0.3, -0.25) is 14.5 Å². The predicted octanol–water partition coefficient (Wildman–Crippen LogP) is 6.52. The smallest absolute Gasteiger partial charge is 0.416 e. The van der Waals surface area contributed by atoms with Crippen LogP contribution < -0.4 is 24.8 Å². The molecule has 1 fully saturated rings. The number of nitrogens with zero attached hydrogens (tertiary/aromatic N) is 2. The van der Waals surface area contributed by atoms with Crippen molar-refractivity contribution in [2.24, 2.45) is 0 Å². The largest absolute Gasteiger partial charge is 0.497 e. The zero-order chi connectivity index (χ0) is 37.3. The van der Waals surface area contributed by atoms with Gasteiger partial charge in [-0.15, -0.1) is 0 Å². The van der Waals surface area contributed by atoms with Gasteiger partial charge >= 0.3 is 6.18 Å². The molecule has 0 aliphatic carbocycles. The lowest BCUT2D eigenvalue weighted by Crippen LogP contribution is -2.34. The van der Waals surface area contributed by atoms with E-state index in [4.69, 9.17) is 18.9 Å². The van der Waals surface area contributed by atoms with E-state index in [-0.39, 0.29) is 36.1 Å². The van der Waals surface area contributed by atoms with Crippen molar-refractivity contribution in [3.63, 3.8) is 0 Å². The number of alkyl halides is 3. The summed E-state index contributed by atoms with van der Waals surface area (Å²) in [5, 5.41) is 5.03. The third-order valence-electron chi connectivity index (χ3n) is 8.48. The molecule has 2 heterocycles. The van der Waals surface area contributed by atoms with E-state index in [2.05, 4.69) is 20.5 Å². The van der Waals surface area contributed by atoms with Crippen molar-refractivity contribution in [2.45, 2.75) is 38.7 Å². The monoisotopic (exact) mass is 724 g/mol. The van der Waals surface area contributed by atoms with E-state index in [1.165, 1.54) is 18.3 Å². The molecule has 2 amide bonds. The minimum absolute atomic E-state index is 0.00850. The summed E-state index contributed by atoms with van der Waals surface area (Å²) in [5.74, 6) is -0.770. The van der Waals surface area contributed by atoms with Gasteiger partial charge in [-0.1, -0.05) is 24.3 Å². The average molecular weight is 725 g/mol. The number of aromatic nitrogens is 1. The zero-order valence-corrected chi connectivity index (χ0v) is 29.0. The molecule has 10 nitrogen and oxygen atoms in total. The van der Waals surface area contributed by atoms with Crippen LogP contribution >= 0.6 is 0 Å². The molecule has 3 aromatic carbocycles. The molecule has 1 atom stereocenters. The number of nitrogens with one attached hydrogen (secondary N) is 2. The first kappa shape index (κ1) is 38.0. The molecule has 2 N–H and O–H groups in total. The summed E-state index contributed by atoms with van der Waals surface area (Å²) < 4.78 is 78.7. The first-order chi connectivity index (χ1) is 24.9. The van der Waals surface area contributed by atoms with Gasteiger partial charge in [0.25, 0.3) is 5.91 Å². The predicted molar refractivity (Wildman–Crippen MR) is 186 cm³/mol. The van der Waals surface area contributed by atoms with E-state index in [1.54, 1.807) is 33.3 Å². The quantitative estimate of drug-likeness (QED) is 0.133. The Morgan fingerprint density at radius 1 is 1.00 bits per heavy atom. The number of methoxy groups -OCH3 is 2. The molecule has 1 aliphatic heterocycles. The molecule has 276 valence electrons. The van der Waals surface area contributed by atoms with Crippen molar-refractivity contribution in [2.75, 3.05) is 52.3 Å². The van der Waals surface area contributed by atoms with E-state index in [0.717, 1.165) is 42.5 Å². The number of hydrogen-bond donors (Lipinski definition) is 2. The van der Waals surface area contributed by atoms with Crippen LogP contribution in [0.15, 0.2) is 72.9 Å². The Balaban J connectivity index is 1.24. The highest BCUT2D eigenvalue weighted by molar-refractivity contribution is 5.98. The van der Waals surface area contributed by atoms with Crippen LogP contribution in [-0.2, 0) is 28.7 Å². The highest BCUT2D eigenvalue weighted by Crippen LogP contribution is 2.34. The number of rotatable bonds is 15. The second-order valence-electron chi connectivity index (χ2n) is 12.1. The highest BCUT2D eigenvalue weighted by Gasteiger charge is 2.32. The lowest BCUT2D eigenvalue weighted by molar-refractivity contribution is -0.137. The fourth-order valence-electron chi connectivity index (χ4n) is 5.72. The van der Waals surface area contributed by atoms with E-state index in [0.29, 0.717) is 42.5 Å². The van der Waals surface area contributed by atoms with Crippen molar-refractivity contribution < 1.29 is 46.1 Å². The number of likely N-dealkylation sites (tertiary alicyclic amines) is 1. The number of pyridine rings is 1. The van der Waals surface area contributed by atoms with E-state index in [1.807, 2.05) is 24.3 Å². The Bertz CT molecular complexity index is 1850. The number of ether oxygens (including phenoxy) is 4. The molecule has 52 heavy (non-hydrogen) atoms. The van der Waals surface area contributed by atoms with E-state index in [9.17, 15) is 22.8 Å². The number of benzene rings is 3. The minimum atomic E-state index is -4.78. The topological polar surface area (TPSA) is 111 Å². The number of anilines is 1. The minimum Gasteiger partial charge on any atom is -0.497 e. The molecule has 0 unspecified atom stereocenters. The Morgan fingerprint density at radius 3 is 2.46 bits per heavy atom. The van der Waals surface area contributed by atoms with Crippen molar-refractivity contribution in [3.8, 4) is 28.5 Å². The van der Waals surface area contributed by atoms with Crippen molar-refractivity contribution in [3.05, 3.63) is 101 Å². The number of hydrogen-bond acceptors (Lipinski definition) is 8. The first-order valence-electron chi connectivity index (χ1n) is 16.7. The Labute approximate surface area is 299 Å². The third kappa shape index (κ3) is 10.2. The third-order valence-corrected chi connectivity index (χ3v) is 8.48. The van der Waals surface area contributed by atoms with Gasteiger partial charge in [0.2, 0.25) is 11.8 Å². The van der Waals surface area contributed by atoms with Gasteiger partial charge in [0.1, 0.15) is 23.9 Å². The van der Waals surface area contributed by atoms with Gasteiger partial charge in [-0.25, -0.2) is 9.37 Å². The molecule has 1 aliphatic rings. The average Bonchev–Trinajstić information content (AvgIpc) is 3.59. The SMILES string of the molecule is CCOc1cc(OCc2ccc(OC)cc2)ncc1-c1ccc(CC(=O)Nc2cc(C(=O)NCCN3CC[C@H](OC)C3)cc(C(F)(F)F)c2)c(F)c1. The molecule has 0 bridgehead atoms. The number of carbonyl (C=O) groups is 2. The first-order valence-corrected chi connectivity index (χ1v) is 16.7. The molecule has 0 spiro atoms. The molecular weight excluding hydrogens is 684 g/mol. The van der Waals surface area contributed by atoms with Crippen molar-refractivity contribution in [1.82, 2.24) is 15.2 Å². The van der Waals surface area contributed by atoms with Crippen LogP contribution in [0.2, 0.25) is 0 Å². The second kappa shape index (κ2) is 17.3. The summed E-state index contributed by atoms with van der Waals surface area (Å²) in [4.78, 5) is 32.2. The van der Waals surface area contributed by atoms with Crippen LogP contribution in [0.4, 0.5) is 23.2 Å². The summed E-state index contributed by atoms with van der Waals surface area (Å²) in [6, 6.07) is 15.8. The summed E-state index contributed by atoms with van der Waals surface area (Å²) in [6.07, 6.45) is -2.79. The summed E-state index contributed by atoms with van der Waals surface area (Å²) in [5.41, 5.74) is 0.201. The zero-order valence-electron chi connectivity index (χ0n) is 29.0. The summed E-state index contributed by atoms with van der Waals surface area (Å²) in [7, 11) is 3.22. The van der Waals surface area contributed by atoms with Gasteiger partial charge in [-0.05, 0) is 66.4 Å². The molecule has 4 aromatic rings. The molecule has 14 heteroatoms. The number of carbonyl (C=O) groups excluding carboxylic acids is 2. The van der Waals surface area contributed by atoms with Crippen LogP contribution in [0.1, 0.15) is 40.4 Å². The Morgan fingerprint density at radius 2 is 1.79 bits per heavy atom. The van der Waals surface area contributed by atoms with Gasteiger partial charge in [0.05, 0.1) is 31.8 Å². The molecular formula is C38H40F4N4O6. The lowest BCUT2D eigenvalue weighted by atomic mass is 10.0. The standard InChI is InChI=1S/C38H40F4N4O6/c1-4-51-34-20-36(52-23-24-5-9-30(49-2)10-6-24)44-21-32(34)25-7-8-26(33(39)17-25)18-35(47)45-29-16-27(15-28(19-29)38(40,41)42)37(48)43-12-14-46-13-11-31(22-46)50-3/h5-10,15-17,19-21,31H,4,11-14,18,22-23H2,1-3H3,(H,43,48)(H,45,47)/t31-/m0/s1. The molecule has 1 aromatic heterocycles. The van der Waals surface area contributed by atoms with Gasteiger partial charge in [-0.2, -0.15) is 13.2 Å². The van der Waals surface area contributed by atoms with Crippen LogP contribution in [0, 0.1) is 5.82 Å². The highest BCUT2D eigenvalue weighted by atomic mass is 19.4. The fraction of sp³-hybridized carbons (Fsp3) is 0.342. The Hall–Kier alpha value is -5.21. The molecule has 0 radical (unpaired) electrons. The van der Waals surface area contributed by atoms with Gasteiger partial charge in [0.15, 0.2) is 0 Å². The van der Waals surface area contributed by atoms with Crippen LogP contribution in [0.5, 0.6) is 17.4 Å². The normalized spacial score (nSPS) is 14.6. The van der Waals surface area contributed by atoms with Crippen LogP contribution in [0.25, 0.3) is 11.1 Å². The maximum absolute atomic E-state index is 15.4. The second-order valence-corrected chi connectivity index (χ2v) is 12.1. The maximum atomic E-state index is 15.4.